The van der Waals surface area contributed by atoms with Crippen LogP contribution in [-0.4, -0.2) is 28.3 Å². The summed E-state index contributed by atoms with van der Waals surface area (Å²) in [6, 6.07) is 13.4. The van der Waals surface area contributed by atoms with Crippen LogP contribution in [0.4, 0.5) is 5.69 Å². The highest BCUT2D eigenvalue weighted by molar-refractivity contribution is 6.35. The Balaban J connectivity index is 1.67. The van der Waals surface area contributed by atoms with Crippen LogP contribution in [0, 0.1) is 6.92 Å². The fourth-order valence-electron chi connectivity index (χ4n) is 3.89. The molecule has 0 saturated heterocycles. The van der Waals surface area contributed by atoms with Gasteiger partial charge < -0.3 is 20.9 Å². The van der Waals surface area contributed by atoms with E-state index in [1.54, 1.807) is 0 Å². The third-order valence-corrected chi connectivity index (χ3v) is 5.84. The fraction of sp³-hybridized carbons (Fsp3) is 0.348. The molecule has 4 rings (SSSR count). The molecule has 1 aromatic heterocycles. The molecule has 0 fully saturated rings. The number of nitrogens with zero attached hydrogens (tertiary/aromatic N) is 1. The van der Waals surface area contributed by atoms with Crippen LogP contribution in [0.15, 0.2) is 42.5 Å². The average Bonchev–Trinajstić information content (AvgIpc) is 2.66. The van der Waals surface area contributed by atoms with Crippen molar-refractivity contribution in [3.63, 3.8) is 0 Å². The van der Waals surface area contributed by atoms with Crippen molar-refractivity contribution in [2.24, 2.45) is 0 Å². The van der Waals surface area contributed by atoms with E-state index in [9.17, 15) is 5.11 Å². The molecule has 29 heavy (non-hydrogen) atoms. The summed E-state index contributed by atoms with van der Waals surface area (Å²) in [5.74, 6) is 0.688. The number of halogens is 1. The molecule has 152 valence electrons. The first-order chi connectivity index (χ1) is 13.8. The van der Waals surface area contributed by atoms with Crippen molar-refractivity contribution in [1.29, 1.82) is 0 Å². The first-order valence-electron chi connectivity index (χ1n) is 9.81. The highest BCUT2D eigenvalue weighted by Crippen LogP contribution is 2.44. The Morgan fingerprint density at radius 3 is 2.66 bits per heavy atom. The summed E-state index contributed by atoms with van der Waals surface area (Å²) in [5.41, 5.74) is 9.40. The predicted molar refractivity (Wildman–Crippen MR) is 118 cm³/mol. The first-order valence-corrected chi connectivity index (χ1v) is 10.2. The van der Waals surface area contributed by atoms with E-state index in [2.05, 4.69) is 10.3 Å². The molecule has 3 aromatic rings. The molecule has 0 spiro atoms. The number of benzene rings is 2. The number of hydrogen-bond donors (Lipinski definition) is 3. The Hall–Kier alpha value is -2.34. The zero-order chi connectivity index (χ0) is 20.8. The van der Waals surface area contributed by atoms with Gasteiger partial charge in [0.2, 0.25) is 0 Å². The molecule has 2 unspecified atom stereocenters. The van der Waals surface area contributed by atoms with E-state index in [0.717, 1.165) is 34.3 Å². The minimum Gasteiger partial charge on any atom is -0.482 e. The average molecular weight is 412 g/mol. The maximum atomic E-state index is 11.0. The highest BCUT2D eigenvalue weighted by Gasteiger charge is 2.43. The van der Waals surface area contributed by atoms with Crippen LogP contribution in [0.25, 0.3) is 10.9 Å². The Morgan fingerprint density at radius 2 is 1.93 bits per heavy atom. The number of aromatic nitrogens is 1. The Labute approximate surface area is 175 Å². The van der Waals surface area contributed by atoms with Gasteiger partial charge >= 0.3 is 0 Å². The van der Waals surface area contributed by atoms with Gasteiger partial charge in [0, 0.05) is 22.3 Å². The molecule has 0 saturated carbocycles. The van der Waals surface area contributed by atoms with E-state index in [4.69, 9.17) is 22.1 Å². The molecule has 0 bridgehead atoms. The number of anilines is 1. The summed E-state index contributed by atoms with van der Waals surface area (Å²) in [7, 11) is 0. The number of pyridine rings is 1. The number of rotatable bonds is 4. The van der Waals surface area contributed by atoms with Crippen molar-refractivity contribution < 1.29 is 9.84 Å². The van der Waals surface area contributed by atoms with Crippen LogP contribution in [-0.2, 0) is 6.42 Å². The van der Waals surface area contributed by atoms with Crippen molar-refractivity contribution in [2.75, 3.05) is 12.3 Å². The van der Waals surface area contributed by atoms with Gasteiger partial charge in [-0.2, -0.15) is 0 Å². The van der Waals surface area contributed by atoms with Crippen LogP contribution < -0.4 is 15.8 Å². The van der Waals surface area contributed by atoms with Crippen LogP contribution in [0.2, 0.25) is 5.02 Å². The molecule has 0 aliphatic carbocycles. The van der Waals surface area contributed by atoms with E-state index in [-0.39, 0.29) is 6.04 Å². The molecule has 2 atom stereocenters. The first kappa shape index (κ1) is 20.0. The SMILES string of the molecule is Cc1cc(Cl)c2ccc3c(c2n1)OC(C)(C)C(O)C3NCCc1ccc(N)cc1. The Kier molecular flexibility index (Phi) is 5.15. The molecule has 0 amide bonds. The minimum atomic E-state index is -0.766. The summed E-state index contributed by atoms with van der Waals surface area (Å²) in [6.07, 6.45) is 0.121. The number of hydrogen-bond acceptors (Lipinski definition) is 5. The molecule has 1 aliphatic rings. The lowest BCUT2D eigenvalue weighted by atomic mass is 9.85. The summed E-state index contributed by atoms with van der Waals surface area (Å²) in [5, 5.41) is 16.0. The maximum Gasteiger partial charge on any atom is 0.151 e. The van der Waals surface area contributed by atoms with Gasteiger partial charge in [-0.25, -0.2) is 4.98 Å². The molecule has 1 aliphatic heterocycles. The number of aliphatic hydroxyl groups excluding tert-OH is 1. The van der Waals surface area contributed by atoms with Crippen LogP contribution in [0.1, 0.15) is 36.7 Å². The van der Waals surface area contributed by atoms with Gasteiger partial charge in [-0.15, -0.1) is 0 Å². The van der Waals surface area contributed by atoms with Gasteiger partial charge in [0.15, 0.2) is 5.75 Å². The number of fused-ring (bicyclic) bond motifs is 3. The lowest BCUT2D eigenvalue weighted by Crippen LogP contribution is -2.52. The van der Waals surface area contributed by atoms with Crippen molar-refractivity contribution >= 4 is 28.2 Å². The largest absolute Gasteiger partial charge is 0.482 e. The van der Waals surface area contributed by atoms with Crippen LogP contribution in [0.5, 0.6) is 5.75 Å². The number of nitrogens with two attached hydrogens (primary N) is 1. The molecular weight excluding hydrogens is 386 g/mol. The molecular formula is C23H26ClN3O2. The highest BCUT2D eigenvalue weighted by atomic mass is 35.5. The Bertz CT molecular complexity index is 1050. The number of nitrogens with one attached hydrogen (secondary N) is 1. The minimum absolute atomic E-state index is 0.270. The van der Waals surface area contributed by atoms with Gasteiger partial charge in [0.1, 0.15) is 17.2 Å². The molecule has 0 radical (unpaired) electrons. The van der Waals surface area contributed by atoms with Gasteiger partial charge in [-0.3, -0.25) is 0 Å². The normalized spacial score (nSPS) is 20.3. The zero-order valence-electron chi connectivity index (χ0n) is 16.9. The smallest absolute Gasteiger partial charge is 0.151 e. The van der Waals surface area contributed by atoms with E-state index < -0.39 is 11.7 Å². The maximum absolute atomic E-state index is 11.0. The Morgan fingerprint density at radius 1 is 1.21 bits per heavy atom. The van der Waals surface area contributed by atoms with Crippen molar-refractivity contribution in [3.05, 3.63) is 64.3 Å². The third kappa shape index (κ3) is 3.78. The summed E-state index contributed by atoms with van der Waals surface area (Å²) in [4.78, 5) is 4.68. The summed E-state index contributed by atoms with van der Waals surface area (Å²) >= 11 is 6.43. The van der Waals surface area contributed by atoms with E-state index in [1.165, 1.54) is 5.56 Å². The quantitative estimate of drug-likeness (QED) is 0.561. The monoisotopic (exact) mass is 411 g/mol. The summed E-state index contributed by atoms with van der Waals surface area (Å²) in [6.45, 7) is 6.41. The van der Waals surface area contributed by atoms with E-state index in [1.807, 2.05) is 63.2 Å². The van der Waals surface area contributed by atoms with E-state index in [0.29, 0.717) is 17.3 Å². The second-order valence-electron chi connectivity index (χ2n) is 8.20. The number of ether oxygens (including phenoxy) is 1. The third-order valence-electron chi connectivity index (χ3n) is 5.53. The van der Waals surface area contributed by atoms with Gasteiger partial charge in [-0.05, 0) is 57.5 Å². The van der Waals surface area contributed by atoms with Crippen LogP contribution >= 0.6 is 11.6 Å². The zero-order valence-corrected chi connectivity index (χ0v) is 17.6. The number of aryl methyl sites for hydroxylation is 1. The molecule has 5 nitrogen and oxygen atoms in total. The van der Waals surface area contributed by atoms with Crippen molar-refractivity contribution in [1.82, 2.24) is 10.3 Å². The molecule has 2 heterocycles. The lowest BCUT2D eigenvalue weighted by Gasteiger charge is -2.42. The topological polar surface area (TPSA) is 80.4 Å². The molecule has 6 heteroatoms. The van der Waals surface area contributed by atoms with Crippen molar-refractivity contribution in [3.8, 4) is 5.75 Å². The number of nitrogen functional groups attached to an aromatic ring is 1. The predicted octanol–water partition coefficient (Wildman–Crippen LogP) is 4.18. The van der Waals surface area contributed by atoms with Crippen molar-refractivity contribution in [2.45, 2.75) is 44.9 Å². The van der Waals surface area contributed by atoms with Gasteiger partial charge in [0.05, 0.1) is 11.1 Å². The van der Waals surface area contributed by atoms with Gasteiger partial charge in [0.25, 0.3) is 0 Å². The molecule has 4 N–H and O–H groups in total. The van der Waals surface area contributed by atoms with E-state index >= 15 is 0 Å². The lowest BCUT2D eigenvalue weighted by molar-refractivity contribution is -0.0634. The second kappa shape index (κ2) is 7.48. The number of aliphatic hydroxyl groups is 1. The van der Waals surface area contributed by atoms with Crippen LogP contribution in [0.3, 0.4) is 0 Å². The standard InChI is InChI=1S/C23H26ClN3O2/c1-13-12-18(24)16-8-9-17-20(26-11-10-14-4-6-15(25)7-5-14)22(28)23(2,3)29-21(17)19(16)27-13/h4-9,12,20,22,26,28H,10-11,25H2,1-3H3. The second-order valence-corrected chi connectivity index (χ2v) is 8.61. The summed E-state index contributed by atoms with van der Waals surface area (Å²) < 4.78 is 6.24. The fourth-order valence-corrected chi connectivity index (χ4v) is 4.20. The van der Waals surface area contributed by atoms with Gasteiger partial charge in [-0.1, -0.05) is 35.9 Å². The molecule has 2 aromatic carbocycles.